The van der Waals surface area contributed by atoms with Gasteiger partial charge in [0, 0.05) is 12.5 Å². The molecule has 1 aromatic carbocycles. The van der Waals surface area contributed by atoms with E-state index in [9.17, 15) is 22.0 Å². The summed E-state index contributed by atoms with van der Waals surface area (Å²) in [7, 11) is 0. The van der Waals surface area contributed by atoms with Crippen LogP contribution >= 0.6 is 0 Å². The molecule has 0 amide bonds. The zero-order chi connectivity index (χ0) is 16.3. The molecule has 22 heavy (non-hydrogen) atoms. The van der Waals surface area contributed by atoms with Crippen LogP contribution in [0, 0.1) is 11.6 Å². The fourth-order valence-corrected chi connectivity index (χ4v) is 1.86. The van der Waals surface area contributed by atoms with E-state index in [1.165, 1.54) is 12.2 Å². The van der Waals surface area contributed by atoms with Crippen LogP contribution in [0.5, 0.6) is 5.75 Å². The van der Waals surface area contributed by atoms with Crippen molar-refractivity contribution >= 4 is 0 Å². The smallest absolute Gasteiger partial charge is 0.419 e. The first-order chi connectivity index (χ1) is 10.3. The molecule has 0 saturated carbocycles. The minimum Gasteiger partial charge on any atom is -0.461 e. The Labute approximate surface area is 122 Å². The van der Waals surface area contributed by atoms with Crippen molar-refractivity contribution in [2.75, 3.05) is 6.61 Å². The van der Waals surface area contributed by atoms with Gasteiger partial charge in [-0.2, -0.15) is 13.2 Å². The molecular formula is C15H11F5O2. The number of allylic oxidation sites excluding steroid dienone is 3. The zero-order valence-corrected chi connectivity index (χ0v) is 11.1. The zero-order valence-electron chi connectivity index (χ0n) is 11.1. The number of hydrogen-bond donors (Lipinski definition) is 1. The Morgan fingerprint density at radius 2 is 1.86 bits per heavy atom. The van der Waals surface area contributed by atoms with Crippen LogP contribution in [0.2, 0.25) is 0 Å². The topological polar surface area (TPSA) is 29.5 Å². The third-order valence-electron chi connectivity index (χ3n) is 2.89. The van der Waals surface area contributed by atoms with Crippen molar-refractivity contribution in [3.8, 4) is 5.75 Å². The maximum atomic E-state index is 13.1. The number of benzene rings is 1. The van der Waals surface area contributed by atoms with Gasteiger partial charge in [-0.25, -0.2) is 8.78 Å². The highest BCUT2D eigenvalue weighted by atomic mass is 19.4. The van der Waals surface area contributed by atoms with Crippen molar-refractivity contribution in [2.24, 2.45) is 0 Å². The second kappa shape index (κ2) is 6.31. The number of aliphatic hydroxyl groups is 1. The molecule has 0 saturated heterocycles. The standard InChI is InChI=1S/C15H11F5O2/c16-12-5-4-10(7-13(12)17)22-14-3-1-2-9(8-21)6-11(14)15(18,19)20/h1-2,4-7,21H,3,8H2. The van der Waals surface area contributed by atoms with Gasteiger partial charge in [-0.3, -0.25) is 0 Å². The first kappa shape index (κ1) is 16.2. The quantitative estimate of drug-likeness (QED) is 0.852. The SMILES string of the molecule is OCC1=CC(C(F)(F)F)=C(Oc2ccc(F)c(F)c2)CC=C1. The summed E-state index contributed by atoms with van der Waals surface area (Å²) in [6.07, 6.45) is -1.42. The molecule has 0 unspecified atom stereocenters. The lowest BCUT2D eigenvalue weighted by molar-refractivity contribution is -0.0907. The number of ether oxygens (including phenoxy) is 1. The van der Waals surface area contributed by atoms with Crippen LogP contribution < -0.4 is 4.74 Å². The molecule has 2 nitrogen and oxygen atoms in total. The minimum absolute atomic E-state index is 0.0659. The van der Waals surface area contributed by atoms with Crippen molar-refractivity contribution in [3.05, 3.63) is 65.0 Å². The Morgan fingerprint density at radius 1 is 1.14 bits per heavy atom. The van der Waals surface area contributed by atoms with Crippen molar-refractivity contribution < 1.29 is 31.8 Å². The molecule has 118 valence electrons. The molecule has 0 bridgehead atoms. The van der Waals surface area contributed by atoms with Crippen molar-refractivity contribution in [2.45, 2.75) is 12.6 Å². The van der Waals surface area contributed by atoms with E-state index in [4.69, 9.17) is 9.84 Å². The fourth-order valence-electron chi connectivity index (χ4n) is 1.86. The minimum atomic E-state index is -4.71. The third kappa shape index (κ3) is 3.73. The highest BCUT2D eigenvalue weighted by Crippen LogP contribution is 2.34. The van der Waals surface area contributed by atoms with Crippen molar-refractivity contribution in [1.82, 2.24) is 0 Å². The van der Waals surface area contributed by atoms with E-state index in [2.05, 4.69) is 0 Å². The summed E-state index contributed by atoms with van der Waals surface area (Å²) in [6.45, 7) is -0.561. The molecule has 7 heteroatoms. The lowest BCUT2D eigenvalue weighted by Crippen LogP contribution is -2.15. The molecule has 2 rings (SSSR count). The lowest BCUT2D eigenvalue weighted by atomic mass is 10.1. The second-order valence-electron chi connectivity index (χ2n) is 4.50. The highest BCUT2D eigenvalue weighted by molar-refractivity contribution is 5.40. The average Bonchev–Trinajstić information content (AvgIpc) is 2.65. The van der Waals surface area contributed by atoms with Gasteiger partial charge < -0.3 is 9.84 Å². The van der Waals surface area contributed by atoms with Gasteiger partial charge in [-0.1, -0.05) is 12.2 Å². The van der Waals surface area contributed by atoms with Gasteiger partial charge >= 0.3 is 6.18 Å². The van der Waals surface area contributed by atoms with Crippen LogP contribution in [-0.2, 0) is 0 Å². The molecule has 0 radical (unpaired) electrons. The maximum Gasteiger partial charge on any atom is 0.419 e. The van der Waals surface area contributed by atoms with Gasteiger partial charge in [0.15, 0.2) is 11.6 Å². The van der Waals surface area contributed by atoms with Crippen LogP contribution in [0.25, 0.3) is 0 Å². The maximum absolute atomic E-state index is 13.1. The molecule has 1 aromatic rings. The highest BCUT2D eigenvalue weighted by Gasteiger charge is 2.36. The first-order valence-electron chi connectivity index (χ1n) is 6.22. The Kier molecular flexibility index (Phi) is 4.65. The molecule has 0 aliphatic heterocycles. The molecule has 0 fully saturated rings. The monoisotopic (exact) mass is 318 g/mol. The summed E-state index contributed by atoms with van der Waals surface area (Å²) in [5, 5.41) is 9.00. The Morgan fingerprint density at radius 3 is 2.45 bits per heavy atom. The largest absolute Gasteiger partial charge is 0.461 e. The molecule has 0 atom stereocenters. The summed E-state index contributed by atoms with van der Waals surface area (Å²) in [5.41, 5.74) is -1.01. The van der Waals surface area contributed by atoms with Gasteiger partial charge in [0.2, 0.25) is 0 Å². The van der Waals surface area contributed by atoms with Gasteiger partial charge in [-0.05, 0) is 23.8 Å². The molecule has 0 spiro atoms. The predicted molar refractivity (Wildman–Crippen MR) is 69.0 cm³/mol. The summed E-state index contributed by atoms with van der Waals surface area (Å²) in [5.74, 6) is -3.05. The van der Waals surface area contributed by atoms with Gasteiger partial charge in [0.25, 0.3) is 0 Å². The molecule has 1 N–H and O–H groups in total. The second-order valence-corrected chi connectivity index (χ2v) is 4.50. The van der Waals surface area contributed by atoms with Gasteiger partial charge in [0.1, 0.15) is 11.5 Å². The van der Waals surface area contributed by atoms with E-state index in [0.29, 0.717) is 6.07 Å². The lowest BCUT2D eigenvalue weighted by Gasteiger charge is -2.15. The van der Waals surface area contributed by atoms with E-state index < -0.39 is 35.7 Å². The van der Waals surface area contributed by atoms with E-state index in [-0.39, 0.29) is 17.7 Å². The Hall–Kier alpha value is -2.15. The normalized spacial score (nSPS) is 15.6. The number of halogens is 5. The Bertz CT molecular complexity index is 656. The van der Waals surface area contributed by atoms with Crippen LogP contribution in [-0.4, -0.2) is 17.9 Å². The summed E-state index contributed by atoms with van der Waals surface area (Å²) in [4.78, 5) is 0. The van der Waals surface area contributed by atoms with E-state index in [0.717, 1.165) is 18.2 Å². The number of hydrogen-bond acceptors (Lipinski definition) is 2. The van der Waals surface area contributed by atoms with Gasteiger partial charge in [0.05, 0.1) is 12.2 Å². The summed E-state index contributed by atoms with van der Waals surface area (Å²) in [6, 6.07) is 2.46. The molecule has 1 aliphatic carbocycles. The number of alkyl halides is 3. The van der Waals surface area contributed by atoms with Crippen LogP contribution in [0.4, 0.5) is 22.0 Å². The van der Waals surface area contributed by atoms with Crippen LogP contribution in [0.3, 0.4) is 0 Å². The van der Waals surface area contributed by atoms with E-state index >= 15 is 0 Å². The summed E-state index contributed by atoms with van der Waals surface area (Å²) >= 11 is 0. The van der Waals surface area contributed by atoms with Crippen molar-refractivity contribution in [3.63, 3.8) is 0 Å². The third-order valence-corrected chi connectivity index (χ3v) is 2.89. The fraction of sp³-hybridized carbons (Fsp3) is 0.200. The molecular weight excluding hydrogens is 307 g/mol. The summed E-state index contributed by atoms with van der Waals surface area (Å²) < 4.78 is 70.3. The molecule has 0 heterocycles. The van der Waals surface area contributed by atoms with Crippen molar-refractivity contribution in [1.29, 1.82) is 0 Å². The number of aliphatic hydroxyl groups excluding tert-OH is 1. The van der Waals surface area contributed by atoms with E-state index in [1.807, 2.05) is 0 Å². The first-order valence-corrected chi connectivity index (χ1v) is 6.22. The molecule has 0 aromatic heterocycles. The van der Waals surface area contributed by atoms with E-state index in [1.54, 1.807) is 0 Å². The molecule has 1 aliphatic rings. The van der Waals surface area contributed by atoms with Gasteiger partial charge in [-0.15, -0.1) is 0 Å². The Balaban J connectivity index is 2.43. The van der Waals surface area contributed by atoms with Crippen LogP contribution in [0.1, 0.15) is 6.42 Å². The number of rotatable bonds is 3. The average molecular weight is 318 g/mol. The predicted octanol–water partition coefficient (Wildman–Crippen LogP) is 4.04. The van der Waals surface area contributed by atoms with Crippen LogP contribution in [0.15, 0.2) is 53.3 Å².